The van der Waals surface area contributed by atoms with Crippen LogP contribution in [0.2, 0.25) is 0 Å². The third kappa shape index (κ3) is 4.58. The number of nitrogens with zero attached hydrogens (tertiary/aromatic N) is 4. The van der Waals surface area contributed by atoms with Gasteiger partial charge in [-0.25, -0.2) is 14.8 Å². The Morgan fingerprint density at radius 1 is 1.11 bits per heavy atom. The van der Waals surface area contributed by atoms with Crippen molar-refractivity contribution in [2.24, 2.45) is 11.8 Å². The molecule has 0 aliphatic carbocycles. The fourth-order valence-corrected chi connectivity index (χ4v) is 3.98. The van der Waals surface area contributed by atoms with Crippen LogP contribution in [-0.4, -0.2) is 64.2 Å². The molecular formula is C17H17F3N4O3S. The maximum absolute atomic E-state index is 12.4. The molecule has 150 valence electrons. The van der Waals surface area contributed by atoms with E-state index in [2.05, 4.69) is 14.9 Å². The van der Waals surface area contributed by atoms with Crippen molar-refractivity contribution < 1.29 is 27.9 Å². The van der Waals surface area contributed by atoms with E-state index in [4.69, 9.17) is 9.90 Å². The minimum Gasteiger partial charge on any atom is -0.475 e. The average molecular weight is 414 g/mol. The van der Waals surface area contributed by atoms with Gasteiger partial charge in [0.25, 0.3) is 5.91 Å². The Bertz CT molecular complexity index is 803. The maximum Gasteiger partial charge on any atom is 0.490 e. The number of aromatic nitrogens is 2. The number of hydrogen-bond acceptors (Lipinski definition) is 6. The van der Waals surface area contributed by atoms with Gasteiger partial charge in [-0.1, -0.05) is 0 Å². The zero-order chi connectivity index (χ0) is 20.3. The summed E-state index contributed by atoms with van der Waals surface area (Å²) < 4.78 is 31.7. The number of carboxylic acids is 1. The Hall–Kier alpha value is -2.69. The standard InChI is InChI=1S/C15H16N4OS.C2HF3O2/c20-14(11-2-5-21-10-11)18-6-12-8-19(9-13(12)7-18)15-16-3-1-4-17-15;3-2(4,5)1(6)7/h1-5,10,12-13H,6-9H2;(H,6,7). The number of alkyl halides is 3. The van der Waals surface area contributed by atoms with Crippen LogP contribution in [0.1, 0.15) is 10.4 Å². The van der Waals surface area contributed by atoms with E-state index in [9.17, 15) is 18.0 Å². The van der Waals surface area contributed by atoms with Crippen molar-refractivity contribution >= 4 is 29.2 Å². The van der Waals surface area contributed by atoms with E-state index in [1.165, 1.54) is 0 Å². The van der Waals surface area contributed by atoms with Crippen molar-refractivity contribution in [3.8, 4) is 0 Å². The average Bonchev–Trinajstić information content (AvgIpc) is 3.37. The zero-order valence-corrected chi connectivity index (χ0v) is 15.4. The first-order valence-corrected chi connectivity index (χ1v) is 9.33. The predicted molar refractivity (Wildman–Crippen MR) is 95.1 cm³/mol. The lowest BCUT2D eigenvalue weighted by Crippen LogP contribution is -2.33. The molecule has 0 aromatic carbocycles. The molecule has 7 nitrogen and oxygen atoms in total. The van der Waals surface area contributed by atoms with E-state index in [0.717, 1.165) is 37.7 Å². The number of carbonyl (C=O) groups is 2. The first-order chi connectivity index (χ1) is 13.3. The van der Waals surface area contributed by atoms with Gasteiger partial charge in [-0.05, 0) is 17.5 Å². The molecule has 11 heteroatoms. The SMILES string of the molecule is O=C(O)C(F)(F)F.O=C(c1ccsc1)N1CC2CN(c3ncccn3)CC2C1. The zero-order valence-electron chi connectivity index (χ0n) is 14.5. The van der Waals surface area contributed by atoms with Gasteiger partial charge in [0.15, 0.2) is 0 Å². The summed E-state index contributed by atoms with van der Waals surface area (Å²) in [6.45, 7) is 3.59. The molecule has 2 aliphatic heterocycles. The van der Waals surface area contributed by atoms with E-state index >= 15 is 0 Å². The highest BCUT2D eigenvalue weighted by Gasteiger charge is 2.42. The topological polar surface area (TPSA) is 86.6 Å². The minimum absolute atomic E-state index is 0.174. The number of anilines is 1. The van der Waals surface area contributed by atoms with E-state index in [1.807, 2.05) is 27.8 Å². The summed E-state index contributed by atoms with van der Waals surface area (Å²) in [4.78, 5) is 34.2. The fourth-order valence-electron chi connectivity index (χ4n) is 3.35. The van der Waals surface area contributed by atoms with Crippen molar-refractivity contribution in [3.63, 3.8) is 0 Å². The van der Waals surface area contributed by atoms with Gasteiger partial charge in [-0.15, -0.1) is 0 Å². The molecule has 2 atom stereocenters. The molecule has 4 heterocycles. The van der Waals surface area contributed by atoms with Crippen LogP contribution in [0.25, 0.3) is 0 Å². The molecule has 1 amide bonds. The highest BCUT2D eigenvalue weighted by molar-refractivity contribution is 7.08. The van der Waals surface area contributed by atoms with Crippen LogP contribution < -0.4 is 4.90 Å². The largest absolute Gasteiger partial charge is 0.490 e. The summed E-state index contributed by atoms with van der Waals surface area (Å²) in [7, 11) is 0. The number of thiophene rings is 1. The molecule has 2 saturated heterocycles. The maximum atomic E-state index is 12.4. The molecule has 2 aliphatic rings. The lowest BCUT2D eigenvalue weighted by atomic mass is 10.0. The van der Waals surface area contributed by atoms with Crippen LogP contribution in [0.5, 0.6) is 0 Å². The Morgan fingerprint density at radius 2 is 1.68 bits per heavy atom. The molecule has 2 aromatic rings. The van der Waals surface area contributed by atoms with Crippen molar-refractivity contribution in [1.29, 1.82) is 0 Å². The van der Waals surface area contributed by atoms with Gasteiger partial charge in [0.2, 0.25) is 5.95 Å². The summed E-state index contributed by atoms with van der Waals surface area (Å²) >= 11 is 1.57. The number of carboxylic acid groups (broad SMARTS) is 1. The predicted octanol–water partition coefficient (Wildman–Crippen LogP) is 2.38. The first kappa shape index (κ1) is 20.1. The number of rotatable bonds is 2. The van der Waals surface area contributed by atoms with Gasteiger partial charge in [-0.2, -0.15) is 24.5 Å². The lowest BCUT2D eigenvalue weighted by Gasteiger charge is -2.21. The number of aliphatic carboxylic acids is 1. The van der Waals surface area contributed by atoms with Crippen LogP contribution in [-0.2, 0) is 4.79 Å². The second-order valence-corrected chi connectivity index (χ2v) is 7.28. The molecule has 0 spiro atoms. The summed E-state index contributed by atoms with van der Waals surface area (Å²) in [5.74, 6) is -0.698. The van der Waals surface area contributed by atoms with E-state index in [-0.39, 0.29) is 5.91 Å². The molecule has 2 fully saturated rings. The minimum atomic E-state index is -5.08. The van der Waals surface area contributed by atoms with Gasteiger partial charge >= 0.3 is 12.1 Å². The smallest absolute Gasteiger partial charge is 0.475 e. The van der Waals surface area contributed by atoms with Crippen molar-refractivity contribution in [2.45, 2.75) is 6.18 Å². The van der Waals surface area contributed by atoms with Crippen molar-refractivity contribution in [1.82, 2.24) is 14.9 Å². The van der Waals surface area contributed by atoms with Gasteiger partial charge in [0.1, 0.15) is 0 Å². The Balaban J connectivity index is 0.000000279. The summed E-state index contributed by atoms with van der Waals surface area (Å²) in [5.41, 5.74) is 0.822. The van der Waals surface area contributed by atoms with E-state index in [1.54, 1.807) is 23.7 Å². The summed E-state index contributed by atoms with van der Waals surface area (Å²) in [5, 5.41) is 11.0. The van der Waals surface area contributed by atoms with Gasteiger partial charge in [0.05, 0.1) is 5.56 Å². The summed E-state index contributed by atoms with van der Waals surface area (Å²) in [6, 6.07) is 3.74. The molecule has 0 radical (unpaired) electrons. The van der Waals surface area contributed by atoms with Gasteiger partial charge in [-0.3, -0.25) is 4.79 Å². The van der Waals surface area contributed by atoms with E-state index < -0.39 is 12.1 Å². The number of carbonyl (C=O) groups excluding carboxylic acids is 1. The monoisotopic (exact) mass is 414 g/mol. The quantitative estimate of drug-likeness (QED) is 0.812. The summed E-state index contributed by atoms with van der Waals surface area (Å²) in [6.07, 6.45) is -1.52. The Kier molecular flexibility index (Phi) is 5.82. The lowest BCUT2D eigenvalue weighted by molar-refractivity contribution is -0.192. The second kappa shape index (κ2) is 8.13. The third-order valence-corrected chi connectivity index (χ3v) is 5.30. The van der Waals surface area contributed by atoms with Crippen LogP contribution in [0.15, 0.2) is 35.3 Å². The molecule has 0 saturated carbocycles. The number of amides is 1. The van der Waals surface area contributed by atoms with Crippen LogP contribution in [0, 0.1) is 11.8 Å². The molecule has 2 aromatic heterocycles. The highest BCUT2D eigenvalue weighted by Crippen LogP contribution is 2.33. The van der Waals surface area contributed by atoms with E-state index in [0.29, 0.717) is 11.8 Å². The number of hydrogen-bond donors (Lipinski definition) is 1. The van der Waals surface area contributed by atoms with Gasteiger partial charge < -0.3 is 14.9 Å². The van der Waals surface area contributed by atoms with Crippen LogP contribution in [0.4, 0.5) is 19.1 Å². The molecule has 2 unspecified atom stereocenters. The van der Waals surface area contributed by atoms with Crippen molar-refractivity contribution in [2.75, 3.05) is 31.1 Å². The molecule has 0 bridgehead atoms. The molecular weight excluding hydrogens is 397 g/mol. The third-order valence-electron chi connectivity index (χ3n) is 4.62. The van der Waals surface area contributed by atoms with Crippen LogP contribution in [0.3, 0.4) is 0 Å². The number of likely N-dealkylation sites (tertiary alicyclic amines) is 1. The fraction of sp³-hybridized carbons (Fsp3) is 0.412. The Labute approximate surface area is 162 Å². The highest BCUT2D eigenvalue weighted by atomic mass is 32.1. The van der Waals surface area contributed by atoms with Crippen molar-refractivity contribution in [3.05, 3.63) is 40.8 Å². The first-order valence-electron chi connectivity index (χ1n) is 8.39. The number of fused-ring (bicyclic) bond motifs is 1. The number of halogens is 3. The molecule has 28 heavy (non-hydrogen) atoms. The van der Waals surface area contributed by atoms with Crippen LogP contribution >= 0.6 is 11.3 Å². The molecule has 4 rings (SSSR count). The second-order valence-electron chi connectivity index (χ2n) is 6.50. The molecule has 1 N–H and O–H groups in total. The van der Waals surface area contributed by atoms with Gasteiger partial charge in [0, 0.05) is 55.8 Å². The Morgan fingerprint density at radius 3 is 2.14 bits per heavy atom. The normalized spacial score (nSPS) is 21.1.